The Balaban J connectivity index is 2.27. The maximum absolute atomic E-state index is 12.9. The minimum atomic E-state index is -3.49. The number of ether oxygens (including phenoxy) is 2. The van der Waals surface area contributed by atoms with Gasteiger partial charge in [0.05, 0.1) is 30.7 Å². The molecule has 9 heteroatoms. The Labute approximate surface area is 175 Å². The lowest BCUT2D eigenvalue weighted by atomic mass is 10.1. The lowest BCUT2D eigenvalue weighted by molar-refractivity contribution is -0.140. The van der Waals surface area contributed by atoms with Crippen LogP contribution in [0.1, 0.15) is 30.7 Å². The van der Waals surface area contributed by atoms with Crippen molar-refractivity contribution < 1.29 is 30.3 Å². The van der Waals surface area contributed by atoms with E-state index in [2.05, 4.69) is 9.97 Å². The molecule has 28 heavy (non-hydrogen) atoms. The maximum Gasteiger partial charge on any atom is 0.251 e. The number of rotatable bonds is 6. The number of aliphatic hydroxyl groups excluding tert-OH is 1. The van der Waals surface area contributed by atoms with E-state index in [0.29, 0.717) is 0 Å². The molecule has 1 aliphatic heterocycles. The summed E-state index contributed by atoms with van der Waals surface area (Å²) in [5, 5.41) is 10.4. The first-order valence-corrected chi connectivity index (χ1v) is 8.52. The molecule has 0 spiro atoms. The fourth-order valence-corrected chi connectivity index (χ4v) is 2.58. The summed E-state index contributed by atoms with van der Waals surface area (Å²) in [6.45, 7) is -12.2. The van der Waals surface area contributed by atoms with Crippen LogP contribution in [0.15, 0.2) is 12.1 Å². The molecule has 2 heterocycles. The molecule has 1 saturated heterocycles. The molecule has 1 atom stereocenters. The standard InChI is InChI=1S/C19H27N5O4/c1-4-5-14(25)18(26)23-6-8-24(9-7-23)19-21-13-11-16(28-3)15(27-2)10-12(13)17(20)22-19/h10-11,14,25H,4-9H2,1-3H3,(H2,20,21,22)/i6D2,7D2,8D2,9D2. The number of aromatic nitrogens is 2. The lowest BCUT2D eigenvalue weighted by Crippen LogP contribution is -2.52. The lowest BCUT2D eigenvalue weighted by Gasteiger charge is -2.35. The summed E-state index contributed by atoms with van der Waals surface area (Å²) in [5.74, 6) is -2.01. The number of hydrogen-bond donors (Lipinski definition) is 2. The second kappa shape index (κ2) is 8.47. The highest BCUT2D eigenvalue weighted by Crippen LogP contribution is 2.34. The molecule has 0 bridgehead atoms. The third-order valence-corrected chi connectivity index (χ3v) is 4.03. The quantitative estimate of drug-likeness (QED) is 0.743. The third-order valence-electron chi connectivity index (χ3n) is 4.03. The van der Waals surface area contributed by atoms with Crippen molar-refractivity contribution in [1.29, 1.82) is 0 Å². The Bertz CT molecular complexity index is 1150. The van der Waals surface area contributed by atoms with Gasteiger partial charge in [0.25, 0.3) is 5.91 Å². The van der Waals surface area contributed by atoms with E-state index >= 15 is 0 Å². The first kappa shape index (κ1) is 11.9. The van der Waals surface area contributed by atoms with E-state index in [1.54, 1.807) is 6.92 Å². The molecular weight excluding hydrogens is 362 g/mol. The number of hydrogen-bond acceptors (Lipinski definition) is 8. The van der Waals surface area contributed by atoms with E-state index in [4.69, 9.17) is 26.2 Å². The van der Waals surface area contributed by atoms with E-state index in [9.17, 15) is 9.90 Å². The zero-order chi connectivity index (χ0) is 27.4. The molecule has 1 amide bonds. The van der Waals surface area contributed by atoms with Gasteiger partial charge < -0.3 is 30.1 Å². The van der Waals surface area contributed by atoms with Gasteiger partial charge in [0.2, 0.25) is 5.95 Å². The fraction of sp³-hybridized carbons (Fsp3) is 0.526. The Morgan fingerprint density at radius 2 is 1.89 bits per heavy atom. The number of fused-ring (bicyclic) bond motifs is 1. The molecule has 152 valence electrons. The fourth-order valence-electron chi connectivity index (χ4n) is 2.58. The zero-order valence-electron chi connectivity index (χ0n) is 23.7. The second-order valence-corrected chi connectivity index (χ2v) is 5.89. The molecule has 9 nitrogen and oxygen atoms in total. The second-order valence-electron chi connectivity index (χ2n) is 5.89. The van der Waals surface area contributed by atoms with Crippen LogP contribution in [-0.4, -0.2) is 72.2 Å². The number of carbonyl (C=O) groups is 1. The average Bonchev–Trinajstić information content (AvgIpc) is 2.76. The molecule has 3 N–H and O–H groups in total. The van der Waals surface area contributed by atoms with Crippen molar-refractivity contribution in [2.24, 2.45) is 0 Å². The molecular formula is C19H27N5O4. The number of anilines is 2. The van der Waals surface area contributed by atoms with Gasteiger partial charge in [-0.2, -0.15) is 4.98 Å². The van der Waals surface area contributed by atoms with Crippen molar-refractivity contribution in [2.45, 2.75) is 25.9 Å². The summed E-state index contributed by atoms with van der Waals surface area (Å²) in [5.41, 5.74) is 6.09. The molecule has 3 rings (SSSR count). The minimum Gasteiger partial charge on any atom is -0.493 e. The first-order chi connectivity index (χ1) is 16.5. The van der Waals surface area contributed by atoms with Crippen LogP contribution in [0.2, 0.25) is 0 Å². The number of carbonyl (C=O) groups excluding carboxylic acids is 1. The molecule has 1 aromatic carbocycles. The summed E-state index contributed by atoms with van der Waals surface area (Å²) >= 11 is 0. The van der Waals surface area contributed by atoms with Crippen LogP contribution in [0.5, 0.6) is 11.5 Å². The molecule has 1 fully saturated rings. The largest absolute Gasteiger partial charge is 0.493 e. The van der Waals surface area contributed by atoms with Crippen LogP contribution in [-0.2, 0) is 4.79 Å². The number of nitrogen functional groups attached to an aromatic ring is 1. The Morgan fingerprint density at radius 1 is 1.25 bits per heavy atom. The highest BCUT2D eigenvalue weighted by molar-refractivity contribution is 5.91. The molecule has 0 saturated carbocycles. The van der Waals surface area contributed by atoms with Gasteiger partial charge in [0.1, 0.15) is 11.9 Å². The van der Waals surface area contributed by atoms with Crippen molar-refractivity contribution >= 4 is 28.6 Å². The molecule has 1 aliphatic rings. The number of aliphatic hydroxyl groups is 1. The van der Waals surface area contributed by atoms with Crippen LogP contribution in [0, 0.1) is 0 Å². The predicted molar refractivity (Wildman–Crippen MR) is 107 cm³/mol. The number of nitrogens with two attached hydrogens (primary N) is 1. The van der Waals surface area contributed by atoms with Gasteiger partial charge in [0, 0.05) is 37.4 Å². The number of benzene rings is 1. The molecule has 0 aliphatic carbocycles. The third kappa shape index (κ3) is 3.89. The van der Waals surface area contributed by atoms with Gasteiger partial charge in [-0.25, -0.2) is 4.98 Å². The summed E-state index contributed by atoms with van der Waals surface area (Å²) in [7, 11) is 2.75. The van der Waals surface area contributed by atoms with Gasteiger partial charge in [-0.15, -0.1) is 0 Å². The van der Waals surface area contributed by atoms with Gasteiger partial charge in [0.15, 0.2) is 11.5 Å². The van der Waals surface area contributed by atoms with Crippen molar-refractivity contribution in [3.63, 3.8) is 0 Å². The zero-order valence-corrected chi connectivity index (χ0v) is 15.7. The highest BCUT2D eigenvalue weighted by Gasteiger charge is 2.27. The van der Waals surface area contributed by atoms with E-state index in [1.165, 1.54) is 26.4 Å². The molecule has 1 unspecified atom stereocenters. The van der Waals surface area contributed by atoms with Crippen LogP contribution < -0.4 is 20.1 Å². The molecule has 1 aromatic heterocycles. The minimum absolute atomic E-state index is 0.0553. The SMILES string of the molecule is [2H]C1([2H])N(C(=O)C(O)CCC)C([2H])([2H])C([2H])([2H])N(c2nc(N)c3cc(OC)c(OC)cc3n2)C1([2H])[2H]. The van der Waals surface area contributed by atoms with Crippen LogP contribution >= 0.6 is 0 Å². The normalized spacial score (nSPS) is 27.0. The van der Waals surface area contributed by atoms with Crippen molar-refractivity contribution in [2.75, 3.05) is 50.8 Å². The van der Waals surface area contributed by atoms with Crippen LogP contribution in [0.25, 0.3) is 10.9 Å². The smallest absolute Gasteiger partial charge is 0.251 e. The van der Waals surface area contributed by atoms with Gasteiger partial charge in [-0.3, -0.25) is 4.79 Å². The van der Waals surface area contributed by atoms with Crippen molar-refractivity contribution in [1.82, 2.24) is 14.9 Å². The average molecular weight is 398 g/mol. The topological polar surface area (TPSA) is 114 Å². The van der Waals surface area contributed by atoms with Gasteiger partial charge in [-0.1, -0.05) is 13.3 Å². The first-order valence-electron chi connectivity index (χ1n) is 12.5. The Hall–Kier alpha value is -2.81. The van der Waals surface area contributed by atoms with Crippen molar-refractivity contribution in [3.05, 3.63) is 12.1 Å². The Morgan fingerprint density at radius 3 is 2.50 bits per heavy atom. The number of nitrogens with zero attached hydrogens (tertiary/aromatic N) is 4. The molecule has 0 radical (unpaired) electrons. The van der Waals surface area contributed by atoms with Crippen LogP contribution in [0.4, 0.5) is 11.8 Å². The van der Waals surface area contributed by atoms with E-state index in [1.807, 2.05) is 0 Å². The Kier molecular flexibility index (Phi) is 3.60. The number of amides is 1. The predicted octanol–water partition coefficient (Wildman–Crippen LogP) is 1.04. The van der Waals surface area contributed by atoms with E-state index in [0.717, 1.165) is 0 Å². The number of piperazine rings is 1. The summed E-state index contributed by atoms with van der Waals surface area (Å²) in [6.07, 6.45) is -1.74. The summed E-state index contributed by atoms with van der Waals surface area (Å²) < 4.78 is 78.1. The van der Waals surface area contributed by atoms with Crippen LogP contribution in [0.3, 0.4) is 0 Å². The monoisotopic (exact) mass is 397 g/mol. The van der Waals surface area contributed by atoms with E-state index < -0.39 is 43.9 Å². The summed E-state index contributed by atoms with van der Waals surface area (Å²) in [4.78, 5) is 20.8. The van der Waals surface area contributed by atoms with Gasteiger partial charge in [-0.05, 0) is 12.5 Å². The van der Waals surface area contributed by atoms with E-state index in [-0.39, 0.29) is 50.9 Å². The number of methoxy groups -OCH3 is 2. The van der Waals surface area contributed by atoms with Crippen molar-refractivity contribution in [3.8, 4) is 11.5 Å². The summed E-state index contributed by atoms with van der Waals surface area (Å²) in [6, 6.07) is 2.81. The van der Waals surface area contributed by atoms with Gasteiger partial charge >= 0.3 is 0 Å². The highest BCUT2D eigenvalue weighted by atomic mass is 16.5. The molecule has 2 aromatic rings. The maximum atomic E-state index is 12.9.